The maximum absolute atomic E-state index is 14.6. The number of carbonyl (C=O) groups excluding carboxylic acids is 1. The lowest BCUT2D eigenvalue weighted by atomic mass is 9.84. The van der Waals surface area contributed by atoms with Crippen LogP contribution < -0.4 is 5.73 Å². The number of rotatable bonds is 10. The number of carbonyl (C=O) groups is 1. The Morgan fingerprint density at radius 2 is 1.86 bits per heavy atom. The molecule has 0 fully saturated rings. The molecule has 0 aliphatic carbocycles. The Kier molecular flexibility index (Phi) is 8.97. The first kappa shape index (κ1) is 27.1. The van der Waals surface area contributed by atoms with E-state index in [0.717, 1.165) is 11.1 Å². The number of nitriles is 1. The van der Waals surface area contributed by atoms with Gasteiger partial charge in [-0.1, -0.05) is 63.2 Å². The van der Waals surface area contributed by atoms with Gasteiger partial charge in [0, 0.05) is 32.0 Å². The number of hydrogen-bond donors (Lipinski definition) is 1. The van der Waals surface area contributed by atoms with Gasteiger partial charge in [0.15, 0.2) is 0 Å². The molecule has 0 unspecified atom stereocenters. The van der Waals surface area contributed by atoms with Crippen LogP contribution in [0, 0.1) is 16.7 Å². The lowest BCUT2D eigenvalue weighted by Crippen LogP contribution is -2.47. The molecule has 0 spiro atoms. The quantitative estimate of drug-likeness (QED) is 0.455. The Labute approximate surface area is 212 Å². The van der Waals surface area contributed by atoms with E-state index in [1.54, 1.807) is 12.1 Å². The molecular weight excluding hydrogens is 457 g/mol. The average molecular weight is 492 g/mol. The summed E-state index contributed by atoms with van der Waals surface area (Å²) in [7, 11) is 1.44. The molecule has 1 aromatic heterocycles. The Morgan fingerprint density at radius 1 is 1.19 bits per heavy atom. The standard InChI is InChI=1S/C28H34FN5O2/c1-28(2,3)26(34(17-23(29)15-31)25(35)19-36-4)27-32-24(22-12-10-20(14-30)11-13-22)18-33(27)16-21-8-6-5-7-9-21/h5-13,18,23,26H,15-17,19,31H2,1-4H3/t23-,26+/m1/s1. The second-order valence-corrected chi connectivity index (χ2v) is 9.87. The molecule has 3 rings (SSSR count). The molecule has 0 saturated heterocycles. The van der Waals surface area contributed by atoms with E-state index in [-0.39, 0.29) is 25.6 Å². The number of methoxy groups -OCH3 is 1. The normalized spacial score (nSPS) is 13.1. The summed E-state index contributed by atoms with van der Waals surface area (Å²) in [5.74, 6) is 0.307. The van der Waals surface area contributed by atoms with E-state index in [1.807, 2.05) is 74.0 Å². The van der Waals surface area contributed by atoms with E-state index in [9.17, 15) is 9.18 Å². The lowest BCUT2D eigenvalue weighted by Gasteiger charge is -2.40. The third kappa shape index (κ3) is 6.56. The highest BCUT2D eigenvalue weighted by Gasteiger charge is 2.39. The van der Waals surface area contributed by atoms with Crippen LogP contribution in [0.15, 0.2) is 60.8 Å². The first-order chi connectivity index (χ1) is 17.2. The van der Waals surface area contributed by atoms with Crippen LogP contribution >= 0.6 is 0 Å². The fourth-order valence-corrected chi connectivity index (χ4v) is 4.25. The summed E-state index contributed by atoms with van der Waals surface area (Å²) in [4.78, 5) is 19.7. The largest absolute Gasteiger partial charge is 0.375 e. The number of benzene rings is 2. The number of hydrogen-bond acceptors (Lipinski definition) is 5. The van der Waals surface area contributed by atoms with Gasteiger partial charge in [-0.05, 0) is 23.1 Å². The van der Waals surface area contributed by atoms with Crippen LogP contribution in [0.3, 0.4) is 0 Å². The number of ether oxygens (including phenoxy) is 1. The molecule has 36 heavy (non-hydrogen) atoms. The zero-order valence-corrected chi connectivity index (χ0v) is 21.3. The zero-order chi connectivity index (χ0) is 26.3. The molecule has 0 bridgehead atoms. The average Bonchev–Trinajstić information content (AvgIpc) is 3.26. The third-order valence-electron chi connectivity index (χ3n) is 5.93. The van der Waals surface area contributed by atoms with Crippen molar-refractivity contribution >= 4 is 5.91 Å². The molecule has 2 N–H and O–H groups in total. The van der Waals surface area contributed by atoms with Crippen molar-refractivity contribution in [1.82, 2.24) is 14.5 Å². The van der Waals surface area contributed by atoms with Crippen molar-refractivity contribution in [1.29, 1.82) is 5.26 Å². The maximum Gasteiger partial charge on any atom is 0.249 e. The number of nitrogens with two attached hydrogens (primary N) is 1. The van der Waals surface area contributed by atoms with Gasteiger partial charge in [0.1, 0.15) is 18.6 Å². The summed E-state index contributed by atoms with van der Waals surface area (Å²) in [5, 5.41) is 9.17. The molecule has 0 saturated carbocycles. The van der Waals surface area contributed by atoms with E-state index >= 15 is 0 Å². The van der Waals surface area contributed by atoms with Gasteiger partial charge in [0.05, 0.1) is 29.9 Å². The SMILES string of the molecule is COCC(=O)N(C[C@H](F)CN)[C@@H](c1nc(-c2ccc(C#N)cc2)cn1Cc1ccccc1)C(C)(C)C. The maximum atomic E-state index is 14.6. The molecule has 190 valence electrons. The first-order valence-corrected chi connectivity index (χ1v) is 11.9. The molecule has 8 heteroatoms. The van der Waals surface area contributed by atoms with Gasteiger partial charge in [0.25, 0.3) is 0 Å². The molecule has 7 nitrogen and oxygen atoms in total. The second kappa shape index (κ2) is 11.9. The summed E-state index contributed by atoms with van der Waals surface area (Å²) in [5.41, 5.74) is 8.27. The van der Waals surface area contributed by atoms with Crippen LogP contribution in [0.25, 0.3) is 11.3 Å². The number of aromatic nitrogens is 2. The Balaban J connectivity index is 2.18. The van der Waals surface area contributed by atoms with Crippen molar-refractivity contribution in [3.05, 3.63) is 77.7 Å². The molecule has 2 atom stereocenters. The highest BCUT2D eigenvalue weighted by Crippen LogP contribution is 2.39. The van der Waals surface area contributed by atoms with E-state index in [0.29, 0.717) is 23.6 Å². The molecule has 0 aliphatic rings. The molecule has 1 heterocycles. The van der Waals surface area contributed by atoms with E-state index in [2.05, 4.69) is 6.07 Å². The predicted octanol–water partition coefficient (Wildman–Crippen LogP) is 4.33. The molecule has 0 aliphatic heterocycles. The van der Waals surface area contributed by atoms with Gasteiger partial charge in [-0.15, -0.1) is 0 Å². The van der Waals surface area contributed by atoms with Gasteiger partial charge < -0.3 is 19.9 Å². The minimum absolute atomic E-state index is 0.162. The third-order valence-corrected chi connectivity index (χ3v) is 5.93. The fourth-order valence-electron chi connectivity index (χ4n) is 4.25. The molecule has 1 amide bonds. The van der Waals surface area contributed by atoms with E-state index in [1.165, 1.54) is 12.0 Å². The summed E-state index contributed by atoms with van der Waals surface area (Å²) in [6.45, 7) is 6.00. The molecule has 0 radical (unpaired) electrons. The van der Waals surface area contributed by atoms with E-state index in [4.69, 9.17) is 20.7 Å². The topological polar surface area (TPSA) is 97.2 Å². The Morgan fingerprint density at radius 3 is 2.42 bits per heavy atom. The van der Waals surface area contributed by atoms with Gasteiger partial charge in [-0.3, -0.25) is 4.79 Å². The highest BCUT2D eigenvalue weighted by atomic mass is 19.1. The van der Waals surface area contributed by atoms with Gasteiger partial charge in [-0.25, -0.2) is 9.37 Å². The van der Waals surface area contributed by atoms with Crippen molar-refractivity contribution < 1.29 is 13.9 Å². The monoisotopic (exact) mass is 491 g/mol. The van der Waals surface area contributed by atoms with Crippen LogP contribution in [0.1, 0.15) is 43.8 Å². The second-order valence-electron chi connectivity index (χ2n) is 9.87. The summed E-state index contributed by atoms with van der Waals surface area (Å²) in [6, 6.07) is 18.7. The van der Waals surface area contributed by atoms with Gasteiger partial charge in [0.2, 0.25) is 5.91 Å². The predicted molar refractivity (Wildman–Crippen MR) is 138 cm³/mol. The molecule has 2 aromatic carbocycles. The molecular formula is C28H34FN5O2. The number of halogens is 1. The van der Waals surface area contributed by atoms with Gasteiger partial charge >= 0.3 is 0 Å². The van der Waals surface area contributed by atoms with Crippen LogP contribution in [-0.2, 0) is 16.1 Å². The number of imidazole rings is 1. The minimum Gasteiger partial charge on any atom is -0.375 e. The van der Waals surface area contributed by atoms with Crippen LogP contribution in [0.5, 0.6) is 0 Å². The van der Waals surface area contributed by atoms with Crippen molar-refractivity contribution in [2.24, 2.45) is 11.1 Å². The van der Waals surface area contributed by atoms with E-state index < -0.39 is 17.6 Å². The van der Waals surface area contributed by atoms with Crippen molar-refractivity contribution in [3.8, 4) is 17.3 Å². The van der Waals surface area contributed by atoms with Gasteiger partial charge in [-0.2, -0.15) is 5.26 Å². The summed E-state index contributed by atoms with van der Waals surface area (Å²) >= 11 is 0. The highest BCUT2D eigenvalue weighted by molar-refractivity contribution is 5.78. The minimum atomic E-state index is -1.38. The van der Waals surface area contributed by atoms with Crippen LogP contribution in [0.2, 0.25) is 0 Å². The van der Waals surface area contributed by atoms with Crippen LogP contribution in [-0.4, -0.2) is 53.3 Å². The summed E-state index contributed by atoms with van der Waals surface area (Å²) < 4.78 is 21.8. The Hall–Kier alpha value is -3.54. The lowest BCUT2D eigenvalue weighted by molar-refractivity contribution is -0.141. The number of amides is 1. The fraction of sp³-hybridized carbons (Fsp3) is 0.393. The van der Waals surface area contributed by atoms with Crippen molar-refractivity contribution in [2.45, 2.75) is 39.5 Å². The first-order valence-electron chi connectivity index (χ1n) is 11.9. The Bertz CT molecular complexity index is 1180. The zero-order valence-electron chi connectivity index (χ0n) is 21.3. The van der Waals surface area contributed by atoms with Crippen molar-refractivity contribution in [2.75, 3.05) is 26.8 Å². The number of nitrogens with zero attached hydrogens (tertiary/aromatic N) is 4. The number of alkyl halides is 1. The summed E-state index contributed by atoms with van der Waals surface area (Å²) in [6.07, 6.45) is 0.559. The smallest absolute Gasteiger partial charge is 0.249 e. The molecule has 3 aromatic rings. The van der Waals surface area contributed by atoms with Crippen LogP contribution in [0.4, 0.5) is 4.39 Å². The van der Waals surface area contributed by atoms with Crippen molar-refractivity contribution in [3.63, 3.8) is 0 Å².